The predicted octanol–water partition coefficient (Wildman–Crippen LogP) is 4.06. The normalized spacial score (nSPS) is 10.2. The summed E-state index contributed by atoms with van der Waals surface area (Å²) in [6.45, 7) is 2.05. The van der Waals surface area contributed by atoms with Gasteiger partial charge in [0, 0.05) is 5.69 Å². The number of hydrogen-bond acceptors (Lipinski definition) is 6. The number of carbonyl (C=O) groups excluding carboxylic acids is 1. The zero-order chi connectivity index (χ0) is 17.6. The van der Waals surface area contributed by atoms with Gasteiger partial charge >= 0.3 is 5.97 Å². The van der Waals surface area contributed by atoms with Crippen molar-refractivity contribution >= 4 is 28.8 Å². The van der Waals surface area contributed by atoms with Crippen LogP contribution in [0.2, 0.25) is 0 Å². The molecule has 1 heterocycles. The van der Waals surface area contributed by atoms with Crippen LogP contribution in [0.1, 0.15) is 16.1 Å². The molecule has 0 aliphatic rings. The van der Waals surface area contributed by atoms with Gasteiger partial charge in [-0.3, -0.25) is 0 Å². The number of aryl methyl sites for hydroxylation is 1. The zero-order valence-corrected chi connectivity index (χ0v) is 14.0. The molecule has 1 aromatic heterocycles. The van der Waals surface area contributed by atoms with Crippen LogP contribution >= 0.6 is 0 Å². The molecule has 0 saturated carbocycles. The van der Waals surface area contributed by atoms with Gasteiger partial charge in [0.1, 0.15) is 0 Å². The highest BCUT2D eigenvalue weighted by atomic mass is 16.5. The Morgan fingerprint density at radius 1 is 0.880 bits per heavy atom. The second-order valence-corrected chi connectivity index (χ2v) is 5.46. The number of ether oxygens (including phenoxy) is 1. The molecule has 0 spiro atoms. The summed E-state index contributed by atoms with van der Waals surface area (Å²) in [5.41, 5.74) is 4.12. The van der Waals surface area contributed by atoms with Crippen molar-refractivity contribution in [1.29, 1.82) is 0 Å². The Kier molecular flexibility index (Phi) is 4.89. The van der Waals surface area contributed by atoms with Crippen molar-refractivity contribution in [3.05, 3.63) is 71.9 Å². The lowest BCUT2D eigenvalue weighted by Gasteiger charge is -2.13. The van der Waals surface area contributed by atoms with E-state index in [4.69, 9.17) is 0 Å². The zero-order valence-electron chi connectivity index (χ0n) is 14.0. The number of nitrogens with one attached hydrogen (secondary N) is 2. The lowest BCUT2D eigenvalue weighted by Crippen LogP contribution is -2.06. The smallest absolute Gasteiger partial charge is 0.358 e. The summed E-state index contributed by atoms with van der Waals surface area (Å²) in [5, 5.41) is 14.4. The Morgan fingerprint density at radius 2 is 1.56 bits per heavy atom. The van der Waals surface area contributed by atoms with E-state index in [0.29, 0.717) is 5.82 Å². The average Bonchev–Trinajstić information content (AvgIpc) is 2.65. The summed E-state index contributed by atoms with van der Waals surface area (Å²) in [4.78, 5) is 11.4. The molecule has 2 N–H and O–H groups in total. The van der Waals surface area contributed by atoms with E-state index in [1.807, 2.05) is 36.4 Å². The lowest BCUT2D eigenvalue weighted by molar-refractivity contribution is 0.0593. The Labute approximate surface area is 145 Å². The first-order valence-electron chi connectivity index (χ1n) is 7.77. The summed E-state index contributed by atoms with van der Waals surface area (Å²) < 4.78 is 4.62. The van der Waals surface area contributed by atoms with Crippen LogP contribution in [-0.2, 0) is 4.74 Å². The molecular formula is C19H18N4O2. The van der Waals surface area contributed by atoms with Gasteiger partial charge in [-0.05, 0) is 43.3 Å². The van der Waals surface area contributed by atoms with Crippen molar-refractivity contribution in [3.8, 4) is 0 Å². The van der Waals surface area contributed by atoms with Gasteiger partial charge in [-0.1, -0.05) is 29.8 Å². The molecule has 0 atom stereocenters. The third-order valence-corrected chi connectivity index (χ3v) is 3.58. The van der Waals surface area contributed by atoms with Crippen LogP contribution in [0.3, 0.4) is 0 Å². The number of carbonyl (C=O) groups is 1. The standard InChI is InChI=1S/C19H18N4O2/c1-13-7-9-14(10-8-13)20-15-5-3-4-6-16(15)21-18-12-11-17(22-23-18)19(24)25-2/h3-12,20H,1-2H3,(H,21,23). The minimum Gasteiger partial charge on any atom is -0.464 e. The largest absolute Gasteiger partial charge is 0.464 e. The Hall–Kier alpha value is -3.41. The van der Waals surface area contributed by atoms with Crippen LogP contribution in [0.4, 0.5) is 22.9 Å². The summed E-state index contributed by atoms with van der Waals surface area (Å²) in [6, 6.07) is 19.2. The predicted molar refractivity (Wildman–Crippen MR) is 97.6 cm³/mol. The topological polar surface area (TPSA) is 76.1 Å². The molecule has 0 radical (unpaired) electrons. The number of rotatable bonds is 5. The van der Waals surface area contributed by atoms with Crippen molar-refractivity contribution < 1.29 is 9.53 Å². The van der Waals surface area contributed by atoms with E-state index in [-0.39, 0.29) is 5.69 Å². The van der Waals surface area contributed by atoms with Crippen molar-refractivity contribution in [2.75, 3.05) is 17.7 Å². The van der Waals surface area contributed by atoms with Crippen LogP contribution in [0, 0.1) is 6.92 Å². The molecule has 3 rings (SSSR count). The molecular weight excluding hydrogens is 316 g/mol. The van der Waals surface area contributed by atoms with Crippen molar-refractivity contribution in [3.63, 3.8) is 0 Å². The number of benzene rings is 2. The number of esters is 1. The molecule has 0 aliphatic heterocycles. The van der Waals surface area contributed by atoms with E-state index in [0.717, 1.165) is 17.1 Å². The van der Waals surface area contributed by atoms with E-state index in [9.17, 15) is 4.79 Å². The quantitative estimate of drug-likeness (QED) is 0.685. The molecule has 0 fully saturated rings. The fraction of sp³-hybridized carbons (Fsp3) is 0.105. The van der Waals surface area contributed by atoms with Gasteiger partial charge in [-0.2, -0.15) is 0 Å². The maximum Gasteiger partial charge on any atom is 0.358 e. The highest BCUT2D eigenvalue weighted by molar-refractivity contribution is 5.87. The Bertz CT molecular complexity index is 861. The van der Waals surface area contributed by atoms with E-state index in [1.165, 1.54) is 12.7 Å². The van der Waals surface area contributed by atoms with Crippen molar-refractivity contribution in [2.45, 2.75) is 6.92 Å². The minimum atomic E-state index is -0.513. The third-order valence-electron chi connectivity index (χ3n) is 3.58. The van der Waals surface area contributed by atoms with Gasteiger partial charge in [0.25, 0.3) is 0 Å². The van der Waals surface area contributed by atoms with Crippen LogP contribution in [-0.4, -0.2) is 23.3 Å². The second kappa shape index (κ2) is 7.44. The van der Waals surface area contributed by atoms with Gasteiger partial charge in [-0.15, -0.1) is 10.2 Å². The maximum absolute atomic E-state index is 11.4. The van der Waals surface area contributed by atoms with Gasteiger partial charge in [0.15, 0.2) is 11.5 Å². The lowest BCUT2D eigenvalue weighted by atomic mass is 10.2. The summed E-state index contributed by atoms with van der Waals surface area (Å²) in [7, 11) is 1.31. The molecule has 126 valence electrons. The minimum absolute atomic E-state index is 0.166. The van der Waals surface area contributed by atoms with E-state index < -0.39 is 5.97 Å². The summed E-state index contributed by atoms with van der Waals surface area (Å²) >= 11 is 0. The van der Waals surface area contributed by atoms with Gasteiger partial charge in [0.05, 0.1) is 18.5 Å². The number of nitrogens with zero attached hydrogens (tertiary/aromatic N) is 2. The molecule has 0 saturated heterocycles. The fourth-order valence-electron chi connectivity index (χ4n) is 2.24. The first kappa shape index (κ1) is 16.4. The first-order chi connectivity index (χ1) is 12.2. The molecule has 0 aliphatic carbocycles. The first-order valence-corrected chi connectivity index (χ1v) is 7.77. The molecule has 0 bridgehead atoms. The highest BCUT2D eigenvalue weighted by Crippen LogP contribution is 2.27. The Balaban J connectivity index is 1.78. The van der Waals surface area contributed by atoms with Gasteiger partial charge in [-0.25, -0.2) is 4.79 Å². The summed E-state index contributed by atoms with van der Waals surface area (Å²) in [6.07, 6.45) is 0. The van der Waals surface area contributed by atoms with E-state index in [2.05, 4.69) is 44.6 Å². The van der Waals surface area contributed by atoms with Crippen LogP contribution in [0.25, 0.3) is 0 Å². The van der Waals surface area contributed by atoms with Gasteiger partial charge < -0.3 is 15.4 Å². The van der Waals surface area contributed by atoms with Crippen molar-refractivity contribution in [2.24, 2.45) is 0 Å². The molecule has 6 heteroatoms. The number of methoxy groups -OCH3 is 1. The second-order valence-electron chi connectivity index (χ2n) is 5.46. The summed E-state index contributed by atoms with van der Waals surface area (Å²) in [5.74, 6) is 0.0197. The van der Waals surface area contributed by atoms with Gasteiger partial charge in [0.2, 0.25) is 0 Å². The SMILES string of the molecule is COC(=O)c1ccc(Nc2ccccc2Nc2ccc(C)cc2)nn1. The number of anilines is 4. The maximum atomic E-state index is 11.4. The molecule has 3 aromatic rings. The molecule has 2 aromatic carbocycles. The molecule has 0 amide bonds. The van der Waals surface area contributed by atoms with Crippen LogP contribution < -0.4 is 10.6 Å². The molecule has 6 nitrogen and oxygen atoms in total. The molecule has 25 heavy (non-hydrogen) atoms. The van der Waals surface area contributed by atoms with Crippen LogP contribution in [0.5, 0.6) is 0 Å². The highest BCUT2D eigenvalue weighted by Gasteiger charge is 2.09. The number of aromatic nitrogens is 2. The number of para-hydroxylation sites is 2. The van der Waals surface area contributed by atoms with Crippen molar-refractivity contribution in [1.82, 2.24) is 10.2 Å². The Morgan fingerprint density at radius 3 is 2.16 bits per heavy atom. The average molecular weight is 334 g/mol. The van der Waals surface area contributed by atoms with E-state index >= 15 is 0 Å². The fourth-order valence-corrected chi connectivity index (χ4v) is 2.24. The third kappa shape index (κ3) is 4.11. The van der Waals surface area contributed by atoms with Crippen LogP contribution in [0.15, 0.2) is 60.7 Å². The monoisotopic (exact) mass is 334 g/mol. The molecule has 0 unspecified atom stereocenters. The number of hydrogen-bond donors (Lipinski definition) is 2. The van der Waals surface area contributed by atoms with E-state index in [1.54, 1.807) is 12.1 Å².